The van der Waals surface area contributed by atoms with Crippen molar-refractivity contribution in [3.8, 4) is 28.5 Å². The van der Waals surface area contributed by atoms with Gasteiger partial charge in [-0.1, -0.05) is 18.2 Å². The zero-order valence-electron chi connectivity index (χ0n) is 29.3. The highest BCUT2D eigenvalue weighted by molar-refractivity contribution is 5.97. The highest BCUT2D eigenvalue weighted by Crippen LogP contribution is 2.43. The SMILES string of the molecule is COc1ccc(COc2cccc(OCC3CC3)c2-c2cc([C@H]3CCCN(C(=O)OC(C)(C)C)C3)c(C(=O)OC(C)(C)C)c(N)n2)cc1. The number of nitrogens with zero attached hydrogens (tertiary/aromatic N) is 2. The fourth-order valence-electron chi connectivity index (χ4n) is 5.69. The number of amides is 1. The third-order valence-corrected chi connectivity index (χ3v) is 8.16. The lowest BCUT2D eigenvalue weighted by molar-refractivity contribution is 0.00682. The summed E-state index contributed by atoms with van der Waals surface area (Å²) in [5.74, 6) is 1.74. The number of benzene rings is 2. The van der Waals surface area contributed by atoms with Crippen molar-refractivity contribution in [3.63, 3.8) is 0 Å². The number of hydrogen-bond acceptors (Lipinski definition) is 9. The molecule has 2 N–H and O–H groups in total. The highest BCUT2D eigenvalue weighted by atomic mass is 16.6. The molecule has 2 heterocycles. The first-order chi connectivity index (χ1) is 22.7. The molecule has 1 amide bonds. The van der Waals surface area contributed by atoms with E-state index in [1.807, 2.05) is 90.1 Å². The van der Waals surface area contributed by atoms with E-state index in [-0.39, 0.29) is 23.4 Å². The Morgan fingerprint density at radius 1 is 0.917 bits per heavy atom. The molecule has 258 valence electrons. The number of esters is 1. The van der Waals surface area contributed by atoms with Crippen molar-refractivity contribution in [1.29, 1.82) is 0 Å². The van der Waals surface area contributed by atoms with Crippen molar-refractivity contribution in [1.82, 2.24) is 9.88 Å². The Hall–Kier alpha value is -4.47. The van der Waals surface area contributed by atoms with Crippen LogP contribution in [0.1, 0.15) is 94.6 Å². The zero-order valence-corrected chi connectivity index (χ0v) is 29.3. The number of carbonyl (C=O) groups excluding carboxylic acids is 2. The summed E-state index contributed by atoms with van der Waals surface area (Å²) < 4.78 is 29.6. The smallest absolute Gasteiger partial charge is 0.410 e. The molecule has 2 fully saturated rings. The van der Waals surface area contributed by atoms with Crippen molar-refractivity contribution in [2.75, 3.05) is 32.5 Å². The van der Waals surface area contributed by atoms with Gasteiger partial charge in [0.05, 0.1) is 25.0 Å². The molecule has 1 saturated carbocycles. The number of anilines is 1. The summed E-state index contributed by atoms with van der Waals surface area (Å²) >= 11 is 0. The van der Waals surface area contributed by atoms with Crippen LogP contribution in [0.25, 0.3) is 11.3 Å². The number of nitrogen functional groups attached to an aromatic ring is 1. The summed E-state index contributed by atoms with van der Waals surface area (Å²) in [5.41, 5.74) is 8.29. The average Bonchev–Trinajstić information content (AvgIpc) is 3.85. The molecule has 0 spiro atoms. The molecule has 1 saturated heterocycles. The van der Waals surface area contributed by atoms with Crippen LogP contribution in [-0.2, 0) is 16.1 Å². The van der Waals surface area contributed by atoms with Gasteiger partial charge in [-0.05, 0) is 115 Å². The minimum atomic E-state index is -0.750. The van der Waals surface area contributed by atoms with Gasteiger partial charge in [-0.3, -0.25) is 0 Å². The van der Waals surface area contributed by atoms with E-state index in [1.54, 1.807) is 12.0 Å². The highest BCUT2D eigenvalue weighted by Gasteiger charge is 2.34. The maximum Gasteiger partial charge on any atom is 0.410 e. The van der Waals surface area contributed by atoms with E-state index >= 15 is 0 Å². The van der Waals surface area contributed by atoms with Crippen molar-refractivity contribution >= 4 is 17.9 Å². The van der Waals surface area contributed by atoms with Crippen LogP contribution in [0.4, 0.5) is 10.6 Å². The average molecular weight is 660 g/mol. The van der Waals surface area contributed by atoms with Crippen LogP contribution in [0, 0.1) is 5.92 Å². The van der Waals surface area contributed by atoms with E-state index in [4.69, 9.17) is 34.4 Å². The van der Waals surface area contributed by atoms with Crippen LogP contribution < -0.4 is 19.9 Å². The normalized spacial score (nSPS) is 16.6. The molecule has 5 rings (SSSR count). The minimum Gasteiger partial charge on any atom is -0.497 e. The van der Waals surface area contributed by atoms with Gasteiger partial charge in [0, 0.05) is 19.0 Å². The van der Waals surface area contributed by atoms with Gasteiger partial charge in [-0.25, -0.2) is 14.6 Å². The maximum atomic E-state index is 13.7. The van der Waals surface area contributed by atoms with Crippen LogP contribution in [-0.4, -0.2) is 60.0 Å². The van der Waals surface area contributed by atoms with E-state index in [0.29, 0.717) is 60.5 Å². The minimum absolute atomic E-state index is 0.0456. The fourth-order valence-corrected chi connectivity index (χ4v) is 5.69. The quantitative estimate of drug-likeness (QED) is 0.217. The number of methoxy groups -OCH3 is 1. The Kier molecular flexibility index (Phi) is 10.4. The predicted octanol–water partition coefficient (Wildman–Crippen LogP) is 7.78. The molecule has 3 aromatic rings. The zero-order chi connectivity index (χ0) is 34.6. The van der Waals surface area contributed by atoms with Crippen LogP contribution in [0.3, 0.4) is 0 Å². The lowest BCUT2D eigenvalue weighted by Gasteiger charge is -2.35. The first-order valence-electron chi connectivity index (χ1n) is 16.7. The lowest BCUT2D eigenvalue weighted by atomic mass is 9.86. The van der Waals surface area contributed by atoms with Gasteiger partial charge in [-0.2, -0.15) is 0 Å². The third-order valence-electron chi connectivity index (χ3n) is 8.16. The standard InChI is InChI=1S/C38H49N3O7/c1-37(2,3)47-35(42)32-28(26-10-9-19-41(21-26)36(43)48-38(4,5)6)20-29(40-34(32)39)33-30(45-22-24-13-14-24)11-8-12-31(33)46-23-25-15-17-27(44-7)18-16-25/h8,11-12,15-18,20,24,26H,9-10,13-14,19,21-23H2,1-7H3,(H2,39,40)/t26-/m0/s1. The van der Waals surface area contributed by atoms with E-state index in [0.717, 1.165) is 37.0 Å². The van der Waals surface area contributed by atoms with Crippen molar-refractivity contribution in [2.45, 2.75) is 91.0 Å². The van der Waals surface area contributed by atoms with E-state index < -0.39 is 17.2 Å². The van der Waals surface area contributed by atoms with Gasteiger partial charge in [0.1, 0.15) is 46.4 Å². The molecule has 2 aliphatic rings. The summed E-state index contributed by atoms with van der Waals surface area (Å²) in [5, 5.41) is 0. The van der Waals surface area contributed by atoms with Gasteiger partial charge in [0.15, 0.2) is 0 Å². The Morgan fingerprint density at radius 2 is 1.58 bits per heavy atom. The van der Waals surface area contributed by atoms with Crippen molar-refractivity contribution < 1.29 is 33.3 Å². The lowest BCUT2D eigenvalue weighted by Crippen LogP contribution is -2.42. The van der Waals surface area contributed by atoms with E-state index in [1.165, 1.54) is 0 Å². The van der Waals surface area contributed by atoms with Crippen LogP contribution in [0.2, 0.25) is 0 Å². The Bertz CT molecular complexity index is 1600. The van der Waals surface area contributed by atoms with Gasteiger partial charge >= 0.3 is 12.1 Å². The van der Waals surface area contributed by atoms with Crippen LogP contribution in [0.15, 0.2) is 48.5 Å². The molecule has 1 aliphatic carbocycles. The van der Waals surface area contributed by atoms with Crippen molar-refractivity contribution in [3.05, 3.63) is 65.2 Å². The molecule has 1 atom stereocenters. The van der Waals surface area contributed by atoms with Gasteiger partial charge in [0.25, 0.3) is 0 Å². The number of pyridine rings is 1. The van der Waals surface area contributed by atoms with E-state index in [2.05, 4.69) is 0 Å². The number of ether oxygens (including phenoxy) is 5. The van der Waals surface area contributed by atoms with Gasteiger partial charge < -0.3 is 34.3 Å². The summed E-state index contributed by atoms with van der Waals surface area (Å²) in [6, 6.07) is 15.3. The predicted molar refractivity (Wildman–Crippen MR) is 185 cm³/mol. The second kappa shape index (κ2) is 14.3. The molecular weight excluding hydrogens is 610 g/mol. The monoisotopic (exact) mass is 659 g/mol. The maximum absolute atomic E-state index is 13.7. The molecule has 1 aliphatic heterocycles. The van der Waals surface area contributed by atoms with Gasteiger partial charge in [-0.15, -0.1) is 0 Å². The van der Waals surface area contributed by atoms with Crippen LogP contribution >= 0.6 is 0 Å². The molecule has 0 radical (unpaired) electrons. The number of rotatable bonds is 10. The first kappa shape index (κ1) is 34.9. The topological polar surface area (TPSA) is 122 Å². The second-order valence-electron chi connectivity index (χ2n) is 14.6. The largest absolute Gasteiger partial charge is 0.497 e. The molecule has 10 nitrogen and oxygen atoms in total. The molecule has 48 heavy (non-hydrogen) atoms. The number of aromatic nitrogens is 1. The number of hydrogen-bond donors (Lipinski definition) is 1. The molecule has 0 bridgehead atoms. The summed E-state index contributed by atoms with van der Waals surface area (Å²) in [4.78, 5) is 33.3. The summed E-state index contributed by atoms with van der Waals surface area (Å²) in [6.45, 7) is 12.8. The molecule has 1 aromatic heterocycles. The molecule has 0 unspecified atom stereocenters. The third kappa shape index (κ3) is 9.11. The first-order valence-corrected chi connectivity index (χ1v) is 16.7. The van der Waals surface area contributed by atoms with Gasteiger partial charge in [0.2, 0.25) is 0 Å². The summed E-state index contributed by atoms with van der Waals surface area (Å²) in [7, 11) is 1.63. The molecule has 10 heteroatoms. The fraction of sp³-hybridized carbons (Fsp3) is 0.500. The number of likely N-dealkylation sites (tertiary alicyclic amines) is 1. The number of piperidine rings is 1. The second-order valence-corrected chi connectivity index (χ2v) is 14.6. The number of nitrogens with two attached hydrogens (primary N) is 1. The van der Waals surface area contributed by atoms with Crippen molar-refractivity contribution in [2.24, 2.45) is 5.92 Å². The Labute approximate surface area is 283 Å². The molecular formula is C38H49N3O7. The Morgan fingerprint density at radius 3 is 2.21 bits per heavy atom. The van der Waals surface area contributed by atoms with Crippen LogP contribution in [0.5, 0.6) is 17.2 Å². The number of carbonyl (C=O) groups is 2. The molecule has 2 aromatic carbocycles. The Balaban J connectivity index is 1.57. The summed E-state index contributed by atoms with van der Waals surface area (Å²) in [6.07, 6.45) is 3.35. The van der Waals surface area contributed by atoms with E-state index in [9.17, 15) is 9.59 Å².